The van der Waals surface area contributed by atoms with E-state index in [1.54, 1.807) is 0 Å². The summed E-state index contributed by atoms with van der Waals surface area (Å²) >= 11 is 0. The Labute approximate surface area is 107 Å². The largest absolute Gasteiger partial charge is 0.391 e. The van der Waals surface area contributed by atoms with Crippen molar-refractivity contribution in [2.24, 2.45) is 0 Å². The van der Waals surface area contributed by atoms with E-state index in [-0.39, 0.29) is 12.1 Å². The van der Waals surface area contributed by atoms with Crippen molar-refractivity contribution in [3.05, 3.63) is 71.3 Å². The second-order valence-electron chi connectivity index (χ2n) is 4.81. The highest BCUT2D eigenvalue weighted by Crippen LogP contribution is 2.31. The molecule has 0 spiro atoms. The van der Waals surface area contributed by atoms with Gasteiger partial charge in [-0.1, -0.05) is 54.6 Å². The summed E-state index contributed by atoms with van der Waals surface area (Å²) in [6.07, 6.45) is 0.439. The topological polar surface area (TPSA) is 32.3 Å². The van der Waals surface area contributed by atoms with Crippen LogP contribution in [0, 0.1) is 0 Å². The van der Waals surface area contributed by atoms with Gasteiger partial charge in [0.15, 0.2) is 0 Å². The van der Waals surface area contributed by atoms with E-state index in [0.717, 1.165) is 13.0 Å². The Morgan fingerprint density at radius 1 is 1.00 bits per heavy atom. The summed E-state index contributed by atoms with van der Waals surface area (Å²) in [6.45, 7) is 0.789. The number of benzene rings is 2. The molecule has 2 atom stereocenters. The standard InChI is InChI=1S/C16H17NO/c18-15-10-13-8-4-5-9-14(13)16(15)17-11-12-6-2-1-3-7-12/h1-9,15-18H,10-11H2/t15-,16-/m0/s1. The zero-order chi connectivity index (χ0) is 12.4. The number of aliphatic hydroxyl groups is 1. The van der Waals surface area contributed by atoms with Crippen LogP contribution in [0.1, 0.15) is 22.7 Å². The average Bonchev–Trinajstić information content (AvgIpc) is 2.73. The lowest BCUT2D eigenvalue weighted by Gasteiger charge is -2.18. The first kappa shape index (κ1) is 11.5. The first-order valence-corrected chi connectivity index (χ1v) is 6.38. The molecule has 1 aliphatic rings. The fraction of sp³-hybridized carbons (Fsp3) is 0.250. The van der Waals surface area contributed by atoms with E-state index >= 15 is 0 Å². The van der Waals surface area contributed by atoms with Crippen LogP contribution in [0.15, 0.2) is 54.6 Å². The minimum atomic E-state index is -0.314. The smallest absolute Gasteiger partial charge is 0.0775 e. The van der Waals surface area contributed by atoms with Crippen LogP contribution in [0.4, 0.5) is 0 Å². The van der Waals surface area contributed by atoms with Crippen LogP contribution < -0.4 is 5.32 Å². The molecule has 2 heteroatoms. The van der Waals surface area contributed by atoms with Crippen LogP contribution in [0.2, 0.25) is 0 Å². The monoisotopic (exact) mass is 239 g/mol. The van der Waals surface area contributed by atoms with Gasteiger partial charge in [-0.05, 0) is 16.7 Å². The molecule has 0 unspecified atom stereocenters. The van der Waals surface area contributed by atoms with E-state index in [2.05, 4.69) is 29.6 Å². The van der Waals surface area contributed by atoms with Crippen LogP contribution in [0.25, 0.3) is 0 Å². The molecule has 0 aliphatic heterocycles. The molecule has 2 N–H and O–H groups in total. The van der Waals surface area contributed by atoms with Gasteiger partial charge in [0.05, 0.1) is 12.1 Å². The number of rotatable bonds is 3. The lowest BCUT2D eigenvalue weighted by molar-refractivity contribution is 0.140. The molecular weight excluding hydrogens is 222 g/mol. The molecule has 0 saturated carbocycles. The minimum absolute atomic E-state index is 0.0569. The van der Waals surface area contributed by atoms with Crippen molar-refractivity contribution in [2.75, 3.05) is 0 Å². The molecule has 0 fully saturated rings. The predicted octanol–water partition coefficient (Wildman–Crippen LogP) is 2.43. The molecule has 0 amide bonds. The predicted molar refractivity (Wildman–Crippen MR) is 72.2 cm³/mol. The van der Waals surface area contributed by atoms with Gasteiger partial charge < -0.3 is 10.4 Å². The van der Waals surface area contributed by atoms with Gasteiger partial charge in [0.2, 0.25) is 0 Å². The molecule has 0 radical (unpaired) electrons. The number of hydrogen-bond acceptors (Lipinski definition) is 2. The maximum absolute atomic E-state index is 10.1. The van der Waals surface area contributed by atoms with Gasteiger partial charge in [-0.15, -0.1) is 0 Å². The summed E-state index contributed by atoms with van der Waals surface area (Å²) < 4.78 is 0. The first-order valence-electron chi connectivity index (χ1n) is 6.38. The maximum atomic E-state index is 10.1. The number of fused-ring (bicyclic) bond motifs is 1. The van der Waals surface area contributed by atoms with Gasteiger partial charge in [0.25, 0.3) is 0 Å². The van der Waals surface area contributed by atoms with E-state index in [9.17, 15) is 5.11 Å². The van der Waals surface area contributed by atoms with E-state index in [4.69, 9.17) is 0 Å². The van der Waals surface area contributed by atoms with Crippen molar-refractivity contribution in [2.45, 2.75) is 25.1 Å². The Balaban J connectivity index is 1.74. The van der Waals surface area contributed by atoms with Crippen LogP contribution in [0.3, 0.4) is 0 Å². The van der Waals surface area contributed by atoms with Gasteiger partial charge in [-0.3, -0.25) is 0 Å². The van der Waals surface area contributed by atoms with Crippen LogP contribution in [0.5, 0.6) is 0 Å². The van der Waals surface area contributed by atoms with Gasteiger partial charge in [-0.2, -0.15) is 0 Å². The number of aliphatic hydroxyl groups excluding tert-OH is 1. The zero-order valence-electron chi connectivity index (χ0n) is 10.2. The third kappa shape index (κ3) is 2.17. The van der Waals surface area contributed by atoms with Crippen LogP contribution in [-0.2, 0) is 13.0 Å². The third-order valence-electron chi connectivity index (χ3n) is 3.57. The summed E-state index contributed by atoms with van der Waals surface area (Å²) in [4.78, 5) is 0. The van der Waals surface area contributed by atoms with E-state index in [1.165, 1.54) is 16.7 Å². The second-order valence-corrected chi connectivity index (χ2v) is 4.81. The van der Waals surface area contributed by atoms with Crippen molar-refractivity contribution in [1.29, 1.82) is 0 Å². The van der Waals surface area contributed by atoms with Crippen molar-refractivity contribution in [1.82, 2.24) is 5.32 Å². The Kier molecular flexibility index (Phi) is 3.13. The molecule has 0 bridgehead atoms. The quantitative estimate of drug-likeness (QED) is 0.862. The zero-order valence-corrected chi connectivity index (χ0v) is 10.2. The molecule has 92 valence electrons. The first-order chi connectivity index (χ1) is 8.84. The second kappa shape index (κ2) is 4.92. The lowest BCUT2D eigenvalue weighted by Crippen LogP contribution is -2.28. The van der Waals surface area contributed by atoms with E-state index in [0.29, 0.717) is 0 Å². The highest BCUT2D eigenvalue weighted by molar-refractivity contribution is 5.36. The van der Waals surface area contributed by atoms with Crippen LogP contribution >= 0.6 is 0 Å². The van der Waals surface area contributed by atoms with Gasteiger partial charge >= 0.3 is 0 Å². The molecular formula is C16H17NO. The highest BCUT2D eigenvalue weighted by atomic mass is 16.3. The van der Waals surface area contributed by atoms with Crippen molar-refractivity contribution < 1.29 is 5.11 Å². The molecule has 0 heterocycles. The summed E-state index contributed by atoms with van der Waals surface area (Å²) in [5, 5.41) is 13.6. The molecule has 18 heavy (non-hydrogen) atoms. The fourth-order valence-electron chi connectivity index (χ4n) is 2.64. The molecule has 0 saturated heterocycles. The van der Waals surface area contributed by atoms with Crippen LogP contribution in [-0.4, -0.2) is 11.2 Å². The number of hydrogen-bond donors (Lipinski definition) is 2. The normalized spacial score (nSPS) is 21.8. The van der Waals surface area contributed by atoms with Crippen molar-refractivity contribution in [3.8, 4) is 0 Å². The molecule has 2 aromatic rings. The lowest BCUT2D eigenvalue weighted by atomic mass is 10.1. The van der Waals surface area contributed by atoms with Crippen molar-refractivity contribution in [3.63, 3.8) is 0 Å². The Hall–Kier alpha value is -1.64. The summed E-state index contributed by atoms with van der Waals surface area (Å²) in [6, 6.07) is 18.6. The molecule has 0 aromatic heterocycles. The molecule has 2 nitrogen and oxygen atoms in total. The Morgan fingerprint density at radius 2 is 1.72 bits per heavy atom. The average molecular weight is 239 g/mol. The molecule has 3 rings (SSSR count). The molecule has 1 aliphatic carbocycles. The Bertz CT molecular complexity index is 524. The van der Waals surface area contributed by atoms with Gasteiger partial charge in [-0.25, -0.2) is 0 Å². The SMILES string of the molecule is O[C@H]1Cc2ccccc2[C@@H]1NCc1ccccc1. The van der Waals surface area contributed by atoms with Gasteiger partial charge in [0, 0.05) is 13.0 Å². The third-order valence-corrected chi connectivity index (χ3v) is 3.57. The van der Waals surface area contributed by atoms with E-state index < -0.39 is 0 Å². The highest BCUT2D eigenvalue weighted by Gasteiger charge is 2.29. The van der Waals surface area contributed by atoms with E-state index in [1.807, 2.05) is 30.3 Å². The summed E-state index contributed by atoms with van der Waals surface area (Å²) in [5.74, 6) is 0. The van der Waals surface area contributed by atoms with Crippen molar-refractivity contribution >= 4 is 0 Å². The maximum Gasteiger partial charge on any atom is 0.0775 e. The molecule has 2 aromatic carbocycles. The number of nitrogens with one attached hydrogen (secondary N) is 1. The van der Waals surface area contributed by atoms with Gasteiger partial charge in [0.1, 0.15) is 0 Å². The minimum Gasteiger partial charge on any atom is -0.391 e. The Morgan fingerprint density at radius 3 is 2.56 bits per heavy atom. The fourth-order valence-corrected chi connectivity index (χ4v) is 2.64. The summed E-state index contributed by atoms with van der Waals surface area (Å²) in [5.41, 5.74) is 3.74. The summed E-state index contributed by atoms with van der Waals surface area (Å²) in [7, 11) is 0.